The van der Waals surface area contributed by atoms with E-state index < -0.39 is 0 Å². The zero-order chi connectivity index (χ0) is 15.8. The monoisotopic (exact) mass is 305 g/mol. The van der Waals surface area contributed by atoms with Gasteiger partial charge in [-0.3, -0.25) is 5.10 Å². The van der Waals surface area contributed by atoms with Crippen molar-refractivity contribution >= 4 is 22.3 Å². The van der Waals surface area contributed by atoms with Crippen molar-refractivity contribution in [1.82, 2.24) is 10.2 Å². The van der Waals surface area contributed by atoms with E-state index in [2.05, 4.69) is 16.3 Å². The fourth-order valence-corrected chi connectivity index (χ4v) is 3.39. The molecule has 0 bridgehead atoms. The third-order valence-corrected chi connectivity index (χ3v) is 4.56. The third kappa shape index (κ3) is 2.36. The number of fused-ring (bicyclic) bond motifs is 1. The number of nitrogens with one attached hydrogen (secondary N) is 1. The molecule has 23 heavy (non-hydrogen) atoms. The maximum absolute atomic E-state index is 10.5. The van der Waals surface area contributed by atoms with Crippen LogP contribution in [0.15, 0.2) is 42.5 Å². The Hall–Kier alpha value is -2.75. The van der Waals surface area contributed by atoms with Gasteiger partial charge in [-0.05, 0) is 54.5 Å². The van der Waals surface area contributed by atoms with Gasteiger partial charge in [-0.25, -0.2) is 0 Å². The Kier molecular flexibility index (Phi) is 3.30. The minimum atomic E-state index is 0.328. The van der Waals surface area contributed by atoms with E-state index in [4.69, 9.17) is 5.73 Å². The molecule has 4 N–H and O–H groups in total. The molecule has 0 atom stereocenters. The molecule has 0 fully saturated rings. The van der Waals surface area contributed by atoms with Crippen LogP contribution in [-0.2, 0) is 0 Å². The minimum Gasteiger partial charge on any atom is -0.507 e. The van der Waals surface area contributed by atoms with Gasteiger partial charge in [0.1, 0.15) is 5.75 Å². The van der Waals surface area contributed by atoms with E-state index in [0.29, 0.717) is 11.6 Å². The summed E-state index contributed by atoms with van der Waals surface area (Å²) in [6.45, 7) is 0. The Balaban J connectivity index is 1.82. The number of hydrogen-bond acceptors (Lipinski definition) is 3. The molecule has 1 aromatic heterocycles. The number of allylic oxidation sites excluding steroid dienone is 2. The Labute approximate surface area is 134 Å². The molecule has 0 amide bonds. The largest absolute Gasteiger partial charge is 0.507 e. The van der Waals surface area contributed by atoms with Gasteiger partial charge in [-0.1, -0.05) is 30.3 Å². The van der Waals surface area contributed by atoms with Gasteiger partial charge in [-0.15, -0.1) is 0 Å². The number of aromatic amines is 1. The number of rotatable bonds is 2. The Morgan fingerprint density at radius 1 is 1.09 bits per heavy atom. The summed E-state index contributed by atoms with van der Waals surface area (Å²) in [6.07, 6.45) is 6.81. The predicted octanol–water partition coefficient (Wildman–Crippen LogP) is 4.48. The van der Waals surface area contributed by atoms with Crippen molar-refractivity contribution in [3.8, 4) is 16.9 Å². The molecule has 1 aliphatic rings. The molecule has 4 nitrogen and oxygen atoms in total. The maximum atomic E-state index is 10.5. The number of hydrogen-bond donors (Lipinski definition) is 3. The minimum absolute atomic E-state index is 0.328. The van der Waals surface area contributed by atoms with Crippen LogP contribution in [0.25, 0.3) is 27.6 Å². The van der Waals surface area contributed by atoms with E-state index in [1.54, 1.807) is 0 Å². The lowest BCUT2D eigenvalue weighted by Gasteiger charge is -2.15. The second-order valence-corrected chi connectivity index (χ2v) is 6.04. The first-order valence-electron chi connectivity index (χ1n) is 7.99. The highest BCUT2D eigenvalue weighted by molar-refractivity contribution is 6.01. The number of phenols is 1. The van der Waals surface area contributed by atoms with Gasteiger partial charge in [0.25, 0.3) is 0 Å². The highest BCUT2D eigenvalue weighted by Crippen LogP contribution is 2.37. The fraction of sp³-hybridized carbons (Fsp3) is 0.211. The lowest BCUT2D eigenvalue weighted by molar-refractivity contribution is 0.473. The summed E-state index contributed by atoms with van der Waals surface area (Å²) in [6, 6.07) is 11.8. The zero-order valence-corrected chi connectivity index (χ0v) is 12.8. The van der Waals surface area contributed by atoms with E-state index in [0.717, 1.165) is 40.4 Å². The molecule has 0 radical (unpaired) electrons. The average Bonchev–Trinajstić information content (AvgIpc) is 2.97. The molecule has 0 aliphatic heterocycles. The Morgan fingerprint density at radius 2 is 2.00 bits per heavy atom. The number of anilines is 1. The van der Waals surface area contributed by atoms with Crippen LogP contribution in [0.4, 0.5) is 5.82 Å². The van der Waals surface area contributed by atoms with Gasteiger partial charge in [0.05, 0.1) is 10.9 Å². The van der Waals surface area contributed by atoms with Crippen LogP contribution >= 0.6 is 0 Å². The molecule has 1 aliphatic carbocycles. The average molecular weight is 305 g/mol. The van der Waals surface area contributed by atoms with Crippen molar-refractivity contribution in [3.63, 3.8) is 0 Å². The first-order valence-corrected chi connectivity index (χ1v) is 7.99. The molecule has 0 unspecified atom stereocenters. The number of nitrogens with two attached hydrogens (primary N) is 1. The number of aromatic hydroxyl groups is 1. The van der Waals surface area contributed by atoms with Crippen molar-refractivity contribution in [2.75, 3.05) is 5.73 Å². The molecule has 3 aromatic rings. The smallest absolute Gasteiger partial charge is 0.153 e. The first-order chi connectivity index (χ1) is 11.2. The molecule has 0 saturated heterocycles. The normalized spacial score (nSPS) is 14.9. The number of benzene rings is 2. The molecule has 4 heteroatoms. The third-order valence-electron chi connectivity index (χ3n) is 4.56. The summed E-state index contributed by atoms with van der Waals surface area (Å²) in [5, 5.41) is 18.4. The summed E-state index contributed by atoms with van der Waals surface area (Å²) in [5.74, 6) is 0.809. The fourth-order valence-electron chi connectivity index (χ4n) is 3.39. The van der Waals surface area contributed by atoms with E-state index in [1.165, 1.54) is 18.4 Å². The molecule has 2 aromatic carbocycles. The molecular formula is C19H19N3O. The Morgan fingerprint density at radius 3 is 2.78 bits per heavy atom. The van der Waals surface area contributed by atoms with Crippen LogP contribution in [0.2, 0.25) is 0 Å². The SMILES string of the molecule is Nc1n[nH]c2cccc(-c3ccc(C4=CCCCC4)c(O)c3)c12. The summed E-state index contributed by atoms with van der Waals surface area (Å²) in [5.41, 5.74) is 11.0. The number of H-pyrrole nitrogens is 1. The number of phenolic OH excluding ortho intramolecular Hbond substituents is 1. The maximum Gasteiger partial charge on any atom is 0.153 e. The lowest BCUT2D eigenvalue weighted by Crippen LogP contribution is -1.93. The summed E-state index contributed by atoms with van der Waals surface area (Å²) in [7, 11) is 0. The first kappa shape index (κ1) is 13.9. The van der Waals surface area contributed by atoms with Gasteiger partial charge in [-0.2, -0.15) is 5.10 Å². The van der Waals surface area contributed by atoms with Crippen molar-refractivity contribution in [2.24, 2.45) is 0 Å². The van der Waals surface area contributed by atoms with Gasteiger partial charge in [0.15, 0.2) is 5.82 Å². The highest BCUT2D eigenvalue weighted by Gasteiger charge is 2.14. The predicted molar refractivity (Wildman–Crippen MR) is 94.1 cm³/mol. The van der Waals surface area contributed by atoms with Crippen LogP contribution in [0.3, 0.4) is 0 Å². The van der Waals surface area contributed by atoms with Crippen molar-refractivity contribution in [1.29, 1.82) is 0 Å². The van der Waals surface area contributed by atoms with Crippen molar-refractivity contribution in [3.05, 3.63) is 48.0 Å². The van der Waals surface area contributed by atoms with E-state index in [1.807, 2.05) is 36.4 Å². The quantitative estimate of drug-likeness (QED) is 0.653. The second kappa shape index (κ2) is 5.47. The summed E-state index contributed by atoms with van der Waals surface area (Å²) >= 11 is 0. The summed E-state index contributed by atoms with van der Waals surface area (Å²) < 4.78 is 0. The molecule has 0 spiro atoms. The van der Waals surface area contributed by atoms with Crippen LogP contribution in [0.1, 0.15) is 31.2 Å². The van der Waals surface area contributed by atoms with Crippen LogP contribution < -0.4 is 5.73 Å². The molecule has 116 valence electrons. The molecule has 4 rings (SSSR count). The lowest BCUT2D eigenvalue weighted by atomic mass is 9.91. The highest BCUT2D eigenvalue weighted by atomic mass is 16.3. The molecule has 0 saturated carbocycles. The molecule has 1 heterocycles. The topological polar surface area (TPSA) is 74.9 Å². The van der Waals surface area contributed by atoms with E-state index in [9.17, 15) is 5.11 Å². The Bertz CT molecular complexity index is 908. The van der Waals surface area contributed by atoms with Gasteiger partial charge >= 0.3 is 0 Å². The second-order valence-electron chi connectivity index (χ2n) is 6.04. The summed E-state index contributed by atoms with van der Waals surface area (Å²) in [4.78, 5) is 0. The number of nitrogen functional groups attached to an aromatic ring is 1. The standard InChI is InChI=1S/C19H19N3O/c20-19-18-15(7-4-8-16(18)21-22-19)13-9-10-14(17(23)11-13)12-5-2-1-3-6-12/h4-5,7-11,23H,1-3,6H2,(H3,20,21,22). The van der Waals surface area contributed by atoms with Crippen LogP contribution in [0.5, 0.6) is 5.75 Å². The van der Waals surface area contributed by atoms with E-state index >= 15 is 0 Å². The van der Waals surface area contributed by atoms with Gasteiger partial charge < -0.3 is 10.8 Å². The number of aromatic nitrogens is 2. The molecular weight excluding hydrogens is 286 g/mol. The number of nitrogens with zero attached hydrogens (tertiary/aromatic N) is 1. The van der Waals surface area contributed by atoms with Crippen LogP contribution in [-0.4, -0.2) is 15.3 Å². The van der Waals surface area contributed by atoms with E-state index in [-0.39, 0.29) is 0 Å². The van der Waals surface area contributed by atoms with Crippen LogP contribution in [0, 0.1) is 0 Å². The van der Waals surface area contributed by atoms with Crippen molar-refractivity contribution in [2.45, 2.75) is 25.7 Å². The van der Waals surface area contributed by atoms with Gasteiger partial charge in [0, 0.05) is 5.56 Å². The zero-order valence-electron chi connectivity index (χ0n) is 12.8. The van der Waals surface area contributed by atoms with Crippen molar-refractivity contribution < 1.29 is 5.11 Å². The van der Waals surface area contributed by atoms with Gasteiger partial charge in [0.2, 0.25) is 0 Å².